The van der Waals surface area contributed by atoms with Gasteiger partial charge in [0, 0.05) is 32.7 Å². The molecule has 0 amide bonds. The van der Waals surface area contributed by atoms with Gasteiger partial charge in [-0.15, -0.1) is 0 Å². The number of nitrogens with one attached hydrogen (secondary N) is 2. The van der Waals surface area contributed by atoms with Crippen molar-refractivity contribution in [1.29, 1.82) is 0 Å². The van der Waals surface area contributed by atoms with Gasteiger partial charge in [0.2, 0.25) is 0 Å². The second kappa shape index (κ2) is 10.1. The summed E-state index contributed by atoms with van der Waals surface area (Å²) in [5.41, 5.74) is 1.13. The second-order valence-corrected chi connectivity index (χ2v) is 5.43. The molecule has 6 heteroatoms. The number of methoxy groups -OCH3 is 1. The van der Waals surface area contributed by atoms with Crippen LogP contribution in [0.15, 0.2) is 29.3 Å². The lowest BCUT2D eigenvalue weighted by molar-refractivity contribution is 0.0389. The molecule has 1 aliphatic rings. The lowest BCUT2D eigenvalue weighted by atomic mass is 10.2. The van der Waals surface area contributed by atoms with Gasteiger partial charge in [-0.3, -0.25) is 4.90 Å². The summed E-state index contributed by atoms with van der Waals surface area (Å²) in [6.07, 6.45) is 0. The Kier molecular flexibility index (Phi) is 7.69. The summed E-state index contributed by atoms with van der Waals surface area (Å²) in [6.45, 7) is 9.14. The van der Waals surface area contributed by atoms with Crippen molar-refractivity contribution in [3.63, 3.8) is 0 Å². The molecule has 0 spiro atoms. The SMILES string of the molecule is CCNC(=NCc1cccc(OC)c1)NCCN1CCOCC1. The minimum atomic E-state index is 0.629. The number of hydrogen-bond donors (Lipinski definition) is 2. The summed E-state index contributed by atoms with van der Waals surface area (Å²) in [7, 11) is 1.68. The molecule has 0 radical (unpaired) electrons. The average molecular weight is 320 g/mol. The van der Waals surface area contributed by atoms with Gasteiger partial charge in [-0.1, -0.05) is 12.1 Å². The number of hydrogen-bond acceptors (Lipinski definition) is 4. The Labute approximate surface area is 138 Å². The van der Waals surface area contributed by atoms with E-state index in [-0.39, 0.29) is 0 Å². The number of rotatable bonds is 7. The van der Waals surface area contributed by atoms with Crippen LogP contribution in [0.25, 0.3) is 0 Å². The Morgan fingerprint density at radius 1 is 1.30 bits per heavy atom. The predicted octanol–water partition coefficient (Wildman–Crippen LogP) is 1.08. The van der Waals surface area contributed by atoms with Crippen molar-refractivity contribution in [3.05, 3.63) is 29.8 Å². The third-order valence-electron chi connectivity index (χ3n) is 3.72. The van der Waals surface area contributed by atoms with Crippen LogP contribution in [0.2, 0.25) is 0 Å². The monoisotopic (exact) mass is 320 g/mol. The summed E-state index contributed by atoms with van der Waals surface area (Å²) in [6, 6.07) is 8.01. The van der Waals surface area contributed by atoms with Crippen LogP contribution in [0, 0.1) is 0 Å². The molecule has 6 nitrogen and oxygen atoms in total. The largest absolute Gasteiger partial charge is 0.497 e. The summed E-state index contributed by atoms with van der Waals surface area (Å²) < 4.78 is 10.6. The van der Waals surface area contributed by atoms with Crippen molar-refractivity contribution in [2.75, 3.05) is 53.0 Å². The van der Waals surface area contributed by atoms with Crippen molar-refractivity contribution in [2.24, 2.45) is 4.99 Å². The number of ether oxygens (including phenoxy) is 2. The first-order chi connectivity index (χ1) is 11.3. The van der Waals surface area contributed by atoms with Gasteiger partial charge in [-0.25, -0.2) is 4.99 Å². The highest BCUT2D eigenvalue weighted by Crippen LogP contribution is 2.13. The first-order valence-electron chi connectivity index (χ1n) is 8.27. The summed E-state index contributed by atoms with van der Waals surface area (Å²) in [5, 5.41) is 6.68. The van der Waals surface area contributed by atoms with Gasteiger partial charge in [-0.05, 0) is 24.6 Å². The molecule has 1 fully saturated rings. The molecule has 0 aliphatic carbocycles. The number of morpholine rings is 1. The Balaban J connectivity index is 1.81. The van der Waals surface area contributed by atoms with Gasteiger partial charge in [0.25, 0.3) is 0 Å². The van der Waals surface area contributed by atoms with Crippen LogP contribution in [0.4, 0.5) is 0 Å². The molecule has 0 bridgehead atoms. The van der Waals surface area contributed by atoms with Gasteiger partial charge in [0.1, 0.15) is 5.75 Å². The Morgan fingerprint density at radius 3 is 2.87 bits per heavy atom. The topological polar surface area (TPSA) is 58.1 Å². The molecular formula is C17H28N4O2. The quantitative estimate of drug-likeness (QED) is 0.582. The zero-order valence-electron chi connectivity index (χ0n) is 14.2. The molecule has 0 atom stereocenters. The number of benzene rings is 1. The van der Waals surface area contributed by atoms with Crippen LogP contribution in [-0.4, -0.2) is 63.9 Å². The lowest BCUT2D eigenvalue weighted by Gasteiger charge is -2.26. The van der Waals surface area contributed by atoms with Gasteiger partial charge < -0.3 is 20.1 Å². The van der Waals surface area contributed by atoms with Crippen molar-refractivity contribution in [1.82, 2.24) is 15.5 Å². The van der Waals surface area contributed by atoms with E-state index in [1.54, 1.807) is 7.11 Å². The minimum Gasteiger partial charge on any atom is -0.497 e. The molecule has 1 heterocycles. The highest BCUT2D eigenvalue weighted by atomic mass is 16.5. The minimum absolute atomic E-state index is 0.629. The van der Waals surface area contributed by atoms with Crippen LogP contribution in [0.5, 0.6) is 5.75 Å². The second-order valence-electron chi connectivity index (χ2n) is 5.43. The van der Waals surface area contributed by atoms with E-state index in [4.69, 9.17) is 9.47 Å². The van der Waals surface area contributed by atoms with Gasteiger partial charge in [-0.2, -0.15) is 0 Å². The highest BCUT2D eigenvalue weighted by Gasteiger charge is 2.09. The first-order valence-corrected chi connectivity index (χ1v) is 8.27. The Morgan fingerprint density at radius 2 is 2.13 bits per heavy atom. The van der Waals surface area contributed by atoms with Crippen molar-refractivity contribution < 1.29 is 9.47 Å². The van der Waals surface area contributed by atoms with Crippen LogP contribution in [0.3, 0.4) is 0 Å². The molecule has 2 N–H and O–H groups in total. The van der Waals surface area contributed by atoms with E-state index in [1.165, 1.54) is 0 Å². The Hall–Kier alpha value is -1.79. The fraction of sp³-hybridized carbons (Fsp3) is 0.588. The van der Waals surface area contributed by atoms with Gasteiger partial charge in [0.05, 0.1) is 26.9 Å². The van der Waals surface area contributed by atoms with Crippen molar-refractivity contribution >= 4 is 5.96 Å². The number of aliphatic imine (C=N–C) groups is 1. The normalized spacial score (nSPS) is 16.2. The summed E-state index contributed by atoms with van der Waals surface area (Å²) in [5.74, 6) is 1.71. The van der Waals surface area contributed by atoms with E-state index in [1.807, 2.05) is 18.2 Å². The van der Waals surface area contributed by atoms with Crippen molar-refractivity contribution in [3.8, 4) is 5.75 Å². The molecule has 1 saturated heterocycles. The highest BCUT2D eigenvalue weighted by molar-refractivity contribution is 5.79. The number of nitrogens with zero attached hydrogens (tertiary/aromatic N) is 2. The average Bonchev–Trinajstić information content (AvgIpc) is 2.61. The molecule has 128 valence electrons. The zero-order chi connectivity index (χ0) is 16.3. The van der Waals surface area contributed by atoms with Crippen LogP contribution in [-0.2, 0) is 11.3 Å². The molecular weight excluding hydrogens is 292 g/mol. The molecule has 0 unspecified atom stereocenters. The van der Waals surface area contributed by atoms with Crippen molar-refractivity contribution in [2.45, 2.75) is 13.5 Å². The van der Waals surface area contributed by atoms with E-state index in [0.29, 0.717) is 6.54 Å². The smallest absolute Gasteiger partial charge is 0.191 e. The lowest BCUT2D eigenvalue weighted by Crippen LogP contribution is -2.44. The maximum atomic E-state index is 5.36. The summed E-state index contributed by atoms with van der Waals surface area (Å²) in [4.78, 5) is 7.04. The molecule has 23 heavy (non-hydrogen) atoms. The van der Waals surface area contributed by atoms with E-state index < -0.39 is 0 Å². The van der Waals surface area contributed by atoms with Crippen LogP contribution < -0.4 is 15.4 Å². The molecule has 2 rings (SSSR count). The summed E-state index contributed by atoms with van der Waals surface area (Å²) >= 11 is 0. The predicted molar refractivity (Wildman–Crippen MR) is 93.1 cm³/mol. The van der Waals surface area contributed by atoms with E-state index in [2.05, 4.69) is 33.5 Å². The van der Waals surface area contributed by atoms with Gasteiger partial charge >= 0.3 is 0 Å². The standard InChI is InChI=1S/C17H28N4O2/c1-3-18-17(19-7-8-21-9-11-23-12-10-21)20-14-15-5-4-6-16(13-15)22-2/h4-6,13H,3,7-12,14H2,1-2H3,(H2,18,19,20). The fourth-order valence-corrected chi connectivity index (χ4v) is 2.44. The van der Waals surface area contributed by atoms with E-state index in [0.717, 1.165) is 63.2 Å². The third kappa shape index (κ3) is 6.46. The molecule has 0 aromatic heterocycles. The zero-order valence-corrected chi connectivity index (χ0v) is 14.2. The maximum Gasteiger partial charge on any atom is 0.191 e. The van der Waals surface area contributed by atoms with Crippen LogP contribution >= 0.6 is 0 Å². The first kappa shape index (κ1) is 17.6. The molecule has 1 aliphatic heterocycles. The maximum absolute atomic E-state index is 5.36. The van der Waals surface area contributed by atoms with E-state index >= 15 is 0 Å². The molecule has 1 aromatic carbocycles. The number of guanidine groups is 1. The third-order valence-corrected chi connectivity index (χ3v) is 3.72. The molecule has 1 aromatic rings. The Bertz CT molecular complexity index is 487. The van der Waals surface area contributed by atoms with E-state index in [9.17, 15) is 0 Å². The van der Waals surface area contributed by atoms with Crippen LogP contribution in [0.1, 0.15) is 12.5 Å². The van der Waals surface area contributed by atoms with Gasteiger partial charge in [0.15, 0.2) is 5.96 Å². The molecule has 0 saturated carbocycles. The fourth-order valence-electron chi connectivity index (χ4n) is 2.44.